The first-order valence-corrected chi connectivity index (χ1v) is 5.23. The highest BCUT2D eigenvalue weighted by Crippen LogP contribution is 2.07. The van der Waals surface area contributed by atoms with Crippen molar-refractivity contribution in [1.29, 1.82) is 0 Å². The molecule has 0 saturated heterocycles. The smallest absolute Gasteiger partial charge is 0.128 e. The molecule has 0 bridgehead atoms. The molecule has 84 valence electrons. The van der Waals surface area contributed by atoms with Crippen LogP contribution in [0.3, 0.4) is 0 Å². The molecular weight excluding hydrogens is 192 g/mol. The molecule has 1 aromatic rings. The summed E-state index contributed by atoms with van der Waals surface area (Å²) >= 11 is 0. The van der Waals surface area contributed by atoms with Gasteiger partial charge in [-0.15, -0.1) is 0 Å². The van der Waals surface area contributed by atoms with Crippen molar-refractivity contribution in [2.75, 3.05) is 37.8 Å². The quantitative estimate of drug-likeness (QED) is 0.680. The summed E-state index contributed by atoms with van der Waals surface area (Å²) in [5, 5.41) is 8.55. The third kappa shape index (κ3) is 4.27. The first-order valence-electron chi connectivity index (χ1n) is 5.23. The van der Waals surface area contributed by atoms with Crippen LogP contribution in [0, 0.1) is 0 Å². The Bertz CT molecular complexity index is 254. The van der Waals surface area contributed by atoms with Crippen LogP contribution in [0.4, 0.5) is 5.82 Å². The first kappa shape index (κ1) is 11.9. The first-order chi connectivity index (χ1) is 7.38. The molecule has 0 amide bonds. The summed E-state index contributed by atoms with van der Waals surface area (Å²) < 4.78 is 5.22. The summed E-state index contributed by atoms with van der Waals surface area (Å²) in [6.07, 6.45) is 1.78. The Balaban J connectivity index is 2.36. The zero-order chi connectivity index (χ0) is 10.9. The minimum Gasteiger partial charge on any atom is -0.394 e. The van der Waals surface area contributed by atoms with E-state index in [0.717, 1.165) is 18.9 Å². The summed E-state index contributed by atoms with van der Waals surface area (Å²) in [4.78, 5) is 6.41. The monoisotopic (exact) mass is 210 g/mol. The topological polar surface area (TPSA) is 45.6 Å². The summed E-state index contributed by atoms with van der Waals surface area (Å²) in [5.41, 5.74) is 0. The maximum absolute atomic E-state index is 8.55. The highest BCUT2D eigenvalue weighted by molar-refractivity contribution is 5.37. The molecule has 1 aromatic heterocycles. The second kappa shape index (κ2) is 7.20. The Kier molecular flexibility index (Phi) is 5.73. The summed E-state index contributed by atoms with van der Waals surface area (Å²) in [5.74, 6) is 0.965. The lowest BCUT2D eigenvalue weighted by atomic mass is 10.4. The Morgan fingerprint density at radius 1 is 1.40 bits per heavy atom. The lowest BCUT2D eigenvalue weighted by Gasteiger charge is -2.21. The standard InChI is InChI=1S/C11H18N2O2/c1-2-13(7-9-15-10-8-14)11-5-3-4-6-12-11/h3-6,14H,2,7-10H2,1H3. The van der Waals surface area contributed by atoms with Crippen LogP contribution >= 0.6 is 0 Å². The van der Waals surface area contributed by atoms with Gasteiger partial charge in [-0.05, 0) is 19.1 Å². The van der Waals surface area contributed by atoms with E-state index in [2.05, 4.69) is 16.8 Å². The van der Waals surface area contributed by atoms with Crippen molar-refractivity contribution in [1.82, 2.24) is 4.98 Å². The Morgan fingerprint density at radius 3 is 2.87 bits per heavy atom. The van der Waals surface area contributed by atoms with E-state index in [4.69, 9.17) is 9.84 Å². The second-order valence-corrected chi connectivity index (χ2v) is 3.10. The van der Waals surface area contributed by atoms with Gasteiger partial charge in [0.1, 0.15) is 5.82 Å². The molecule has 0 saturated carbocycles. The third-order valence-electron chi connectivity index (χ3n) is 2.10. The van der Waals surface area contributed by atoms with Crippen LogP contribution in [0.2, 0.25) is 0 Å². The summed E-state index contributed by atoms with van der Waals surface area (Å²) in [7, 11) is 0. The van der Waals surface area contributed by atoms with Crippen LogP contribution in [0.15, 0.2) is 24.4 Å². The predicted octanol–water partition coefficient (Wildman–Crippen LogP) is 0.917. The molecule has 0 radical (unpaired) electrons. The molecule has 15 heavy (non-hydrogen) atoms. The van der Waals surface area contributed by atoms with Crippen molar-refractivity contribution in [3.63, 3.8) is 0 Å². The van der Waals surface area contributed by atoms with Gasteiger partial charge in [-0.3, -0.25) is 0 Å². The van der Waals surface area contributed by atoms with Crippen LogP contribution in [-0.4, -0.2) is 43.0 Å². The maximum atomic E-state index is 8.55. The van der Waals surface area contributed by atoms with Gasteiger partial charge in [0.05, 0.1) is 19.8 Å². The van der Waals surface area contributed by atoms with Gasteiger partial charge in [-0.2, -0.15) is 0 Å². The van der Waals surface area contributed by atoms with Crippen molar-refractivity contribution in [3.8, 4) is 0 Å². The van der Waals surface area contributed by atoms with Gasteiger partial charge in [-0.1, -0.05) is 6.07 Å². The Morgan fingerprint density at radius 2 is 2.27 bits per heavy atom. The fraction of sp³-hybridized carbons (Fsp3) is 0.545. The number of ether oxygens (including phenoxy) is 1. The fourth-order valence-corrected chi connectivity index (χ4v) is 1.32. The third-order valence-corrected chi connectivity index (χ3v) is 2.10. The number of likely N-dealkylation sites (N-methyl/N-ethyl adjacent to an activating group) is 1. The Hall–Kier alpha value is -1.13. The molecule has 1 heterocycles. The van der Waals surface area contributed by atoms with Crippen molar-refractivity contribution < 1.29 is 9.84 Å². The number of aromatic nitrogens is 1. The summed E-state index contributed by atoms with van der Waals surface area (Å²) in [6.45, 7) is 4.88. The molecule has 0 aliphatic rings. The van der Waals surface area contributed by atoms with Gasteiger partial charge in [0, 0.05) is 19.3 Å². The van der Waals surface area contributed by atoms with Crippen LogP contribution in [-0.2, 0) is 4.74 Å². The minimum absolute atomic E-state index is 0.0791. The van der Waals surface area contributed by atoms with Gasteiger partial charge < -0.3 is 14.7 Å². The molecule has 0 aliphatic carbocycles. The normalized spacial score (nSPS) is 10.3. The number of hydrogen-bond donors (Lipinski definition) is 1. The predicted molar refractivity (Wildman–Crippen MR) is 60.0 cm³/mol. The number of pyridine rings is 1. The van der Waals surface area contributed by atoms with Crippen LogP contribution in [0.25, 0.3) is 0 Å². The molecule has 0 unspecified atom stereocenters. The van der Waals surface area contributed by atoms with Crippen LogP contribution in [0.1, 0.15) is 6.92 Å². The minimum atomic E-state index is 0.0791. The largest absolute Gasteiger partial charge is 0.394 e. The number of hydrogen-bond acceptors (Lipinski definition) is 4. The molecule has 4 nitrogen and oxygen atoms in total. The molecule has 1 rings (SSSR count). The number of aliphatic hydroxyl groups is 1. The number of aliphatic hydroxyl groups excluding tert-OH is 1. The van der Waals surface area contributed by atoms with Crippen LogP contribution < -0.4 is 4.90 Å². The number of nitrogens with zero attached hydrogens (tertiary/aromatic N) is 2. The molecule has 0 spiro atoms. The Labute approximate surface area is 90.5 Å². The molecule has 0 fully saturated rings. The highest BCUT2D eigenvalue weighted by atomic mass is 16.5. The molecular formula is C11H18N2O2. The van der Waals surface area contributed by atoms with Crippen LogP contribution in [0.5, 0.6) is 0 Å². The fourth-order valence-electron chi connectivity index (χ4n) is 1.32. The molecule has 1 N–H and O–H groups in total. The van der Waals surface area contributed by atoms with Crippen molar-refractivity contribution in [2.24, 2.45) is 0 Å². The van der Waals surface area contributed by atoms with Gasteiger partial charge in [0.2, 0.25) is 0 Å². The number of anilines is 1. The maximum Gasteiger partial charge on any atom is 0.128 e. The van der Waals surface area contributed by atoms with Gasteiger partial charge in [0.25, 0.3) is 0 Å². The van der Waals surface area contributed by atoms with E-state index in [0.29, 0.717) is 13.2 Å². The zero-order valence-corrected chi connectivity index (χ0v) is 9.09. The molecule has 0 atom stereocenters. The van der Waals surface area contributed by atoms with E-state index in [1.165, 1.54) is 0 Å². The van der Waals surface area contributed by atoms with E-state index in [1.807, 2.05) is 18.2 Å². The SMILES string of the molecule is CCN(CCOCCO)c1ccccn1. The van der Waals surface area contributed by atoms with E-state index < -0.39 is 0 Å². The second-order valence-electron chi connectivity index (χ2n) is 3.10. The van der Waals surface area contributed by atoms with E-state index in [9.17, 15) is 0 Å². The zero-order valence-electron chi connectivity index (χ0n) is 9.09. The van der Waals surface area contributed by atoms with Crippen molar-refractivity contribution in [3.05, 3.63) is 24.4 Å². The van der Waals surface area contributed by atoms with E-state index >= 15 is 0 Å². The highest BCUT2D eigenvalue weighted by Gasteiger charge is 2.03. The average molecular weight is 210 g/mol. The molecule has 0 aliphatic heterocycles. The molecule has 0 aromatic carbocycles. The van der Waals surface area contributed by atoms with Gasteiger partial charge in [0.15, 0.2) is 0 Å². The van der Waals surface area contributed by atoms with E-state index in [-0.39, 0.29) is 6.61 Å². The lowest BCUT2D eigenvalue weighted by Crippen LogP contribution is -2.28. The van der Waals surface area contributed by atoms with Crippen molar-refractivity contribution in [2.45, 2.75) is 6.92 Å². The lowest BCUT2D eigenvalue weighted by molar-refractivity contribution is 0.0967. The van der Waals surface area contributed by atoms with E-state index in [1.54, 1.807) is 6.20 Å². The molecule has 4 heteroatoms. The average Bonchev–Trinajstić information content (AvgIpc) is 2.30. The number of rotatable bonds is 7. The summed E-state index contributed by atoms with van der Waals surface area (Å²) in [6, 6.07) is 5.86. The van der Waals surface area contributed by atoms with Crippen molar-refractivity contribution >= 4 is 5.82 Å². The van der Waals surface area contributed by atoms with Gasteiger partial charge >= 0.3 is 0 Å². The van der Waals surface area contributed by atoms with Gasteiger partial charge in [-0.25, -0.2) is 4.98 Å².